The zero-order valence-corrected chi connectivity index (χ0v) is 31.7. The van der Waals surface area contributed by atoms with Gasteiger partial charge in [-0.25, -0.2) is 0 Å². The molecule has 0 saturated carbocycles. The molecule has 0 N–H and O–H groups in total. The summed E-state index contributed by atoms with van der Waals surface area (Å²) in [6.07, 6.45) is 0. The first-order valence-corrected chi connectivity index (χ1v) is 20.1. The van der Waals surface area contributed by atoms with Crippen LogP contribution in [0.4, 0.5) is 0 Å². The Morgan fingerprint density at radius 2 is 0.678 bits per heavy atom. The van der Waals surface area contributed by atoms with E-state index in [-0.39, 0.29) is 0 Å². The van der Waals surface area contributed by atoms with Gasteiger partial charge in [0.2, 0.25) is 0 Å². The topological polar surface area (TPSA) is 39.4 Å². The van der Waals surface area contributed by atoms with Gasteiger partial charge in [0.25, 0.3) is 0 Å². The molecule has 3 heteroatoms. The molecule has 0 saturated heterocycles. The summed E-state index contributed by atoms with van der Waals surface area (Å²) in [6, 6.07) is 69.2. The summed E-state index contributed by atoms with van der Waals surface area (Å²) >= 11 is 0. The number of fused-ring (bicyclic) bond motifs is 11. The Labute approximate surface area is 337 Å². The molecular weight excluding hydrogens is 721 g/mol. The predicted molar refractivity (Wildman–Crippen MR) is 245 cm³/mol. The predicted octanol–water partition coefficient (Wildman–Crippen LogP) is 16.4. The third-order valence-electron chi connectivity index (χ3n) is 12.3. The van der Waals surface area contributed by atoms with Gasteiger partial charge in [-0.3, -0.25) is 0 Å². The van der Waals surface area contributed by atoms with Gasteiger partial charge in [0, 0.05) is 37.9 Å². The van der Waals surface area contributed by atoms with Crippen LogP contribution in [0.15, 0.2) is 207 Å². The summed E-state index contributed by atoms with van der Waals surface area (Å²) in [7, 11) is 0. The second-order valence-electron chi connectivity index (χ2n) is 15.5. The van der Waals surface area contributed by atoms with Crippen LogP contribution in [-0.2, 0) is 0 Å². The fourth-order valence-electron chi connectivity index (χ4n) is 9.73. The standard InChI is InChI=1S/C56H32O3/c1-3-18-42-40(16-1)53(34-28-30-51-47(31-34)38-15-7-9-25-49(38)57-51)41-17-2-4-19-43(41)55(42)54-35(33-27-29-39-36-13-5-8-24-48(36)58-52(39)32-33)20-11-21-44(54)46-23-12-22-45-37-14-6-10-26-50(37)59-56(45)46/h1-32H. The van der Waals surface area contributed by atoms with E-state index < -0.39 is 0 Å². The summed E-state index contributed by atoms with van der Waals surface area (Å²) in [6.45, 7) is 0. The van der Waals surface area contributed by atoms with Crippen molar-refractivity contribution in [1.82, 2.24) is 0 Å². The van der Waals surface area contributed by atoms with Crippen LogP contribution >= 0.6 is 0 Å². The van der Waals surface area contributed by atoms with Crippen molar-refractivity contribution in [1.29, 1.82) is 0 Å². The highest BCUT2D eigenvalue weighted by molar-refractivity contribution is 6.25. The van der Waals surface area contributed by atoms with Gasteiger partial charge < -0.3 is 13.3 Å². The summed E-state index contributed by atoms with van der Waals surface area (Å²) in [5, 5.41) is 11.4. The lowest BCUT2D eigenvalue weighted by Crippen LogP contribution is -1.95. The monoisotopic (exact) mass is 752 g/mol. The lowest BCUT2D eigenvalue weighted by molar-refractivity contribution is 0.668. The van der Waals surface area contributed by atoms with Crippen molar-refractivity contribution in [3.8, 4) is 44.5 Å². The van der Waals surface area contributed by atoms with E-state index in [4.69, 9.17) is 13.3 Å². The van der Waals surface area contributed by atoms with Crippen molar-refractivity contribution in [3.63, 3.8) is 0 Å². The molecule has 274 valence electrons. The first kappa shape index (κ1) is 32.2. The Hall–Kier alpha value is -7.88. The molecule has 3 nitrogen and oxygen atoms in total. The van der Waals surface area contributed by atoms with Crippen LogP contribution in [0.5, 0.6) is 0 Å². The SMILES string of the molecule is c1cc(-c2ccc3c(c2)oc2ccccc23)c(-c2c3ccccc3c(-c3ccc4oc5ccccc5c4c3)c3ccccc23)c(-c2cccc3c2oc2ccccc23)c1. The van der Waals surface area contributed by atoms with Gasteiger partial charge in [0.1, 0.15) is 33.5 Å². The van der Waals surface area contributed by atoms with E-state index in [1.54, 1.807) is 0 Å². The van der Waals surface area contributed by atoms with Crippen LogP contribution in [0.1, 0.15) is 0 Å². The minimum absolute atomic E-state index is 0.867. The molecule has 0 radical (unpaired) electrons. The van der Waals surface area contributed by atoms with Gasteiger partial charge in [0.05, 0.1) is 0 Å². The van der Waals surface area contributed by atoms with Crippen molar-refractivity contribution >= 4 is 87.4 Å². The van der Waals surface area contributed by atoms with E-state index in [2.05, 4.69) is 164 Å². The van der Waals surface area contributed by atoms with Gasteiger partial charge in [-0.05, 0) is 103 Å². The van der Waals surface area contributed by atoms with Crippen LogP contribution in [0.25, 0.3) is 132 Å². The first-order chi connectivity index (χ1) is 29.3. The Morgan fingerprint density at radius 1 is 0.220 bits per heavy atom. The van der Waals surface area contributed by atoms with Gasteiger partial charge in [0.15, 0.2) is 0 Å². The average molecular weight is 753 g/mol. The van der Waals surface area contributed by atoms with Gasteiger partial charge in [-0.15, -0.1) is 0 Å². The Balaban J connectivity index is 1.16. The number of rotatable bonds is 4. The van der Waals surface area contributed by atoms with Crippen molar-refractivity contribution in [2.24, 2.45) is 0 Å². The van der Waals surface area contributed by atoms with Gasteiger partial charge >= 0.3 is 0 Å². The molecule has 0 amide bonds. The van der Waals surface area contributed by atoms with Crippen molar-refractivity contribution in [3.05, 3.63) is 194 Å². The Morgan fingerprint density at radius 3 is 1.37 bits per heavy atom. The van der Waals surface area contributed by atoms with Crippen LogP contribution in [-0.4, -0.2) is 0 Å². The Kier molecular flexibility index (Phi) is 6.72. The number of hydrogen-bond acceptors (Lipinski definition) is 3. The third kappa shape index (κ3) is 4.70. The fraction of sp³-hybridized carbons (Fsp3) is 0. The van der Waals surface area contributed by atoms with Crippen LogP contribution in [0, 0.1) is 0 Å². The van der Waals surface area contributed by atoms with E-state index in [1.165, 1.54) is 32.7 Å². The molecule has 0 aliphatic heterocycles. The van der Waals surface area contributed by atoms with Crippen LogP contribution in [0.2, 0.25) is 0 Å². The molecule has 0 unspecified atom stereocenters. The molecule has 0 spiro atoms. The number of benzene rings is 10. The normalized spacial score (nSPS) is 12.1. The lowest BCUT2D eigenvalue weighted by Gasteiger charge is -2.22. The smallest absolute Gasteiger partial charge is 0.143 e. The van der Waals surface area contributed by atoms with Crippen LogP contribution in [0.3, 0.4) is 0 Å². The summed E-state index contributed by atoms with van der Waals surface area (Å²) in [5.74, 6) is 0. The zero-order chi connectivity index (χ0) is 38.6. The van der Waals surface area contributed by atoms with E-state index in [0.29, 0.717) is 0 Å². The molecule has 10 aromatic carbocycles. The maximum Gasteiger partial charge on any atom is 0.143 e. The molecule has 0 atom stereocenters. The molecule has 59 heavy (non-hydrogen) atoms. The second kappa shape index (κ2) is 12.3. The molecule has 0 fully saturated rings. The average Bonchev–Trinajstić information content (AvgIpc) is 3.99. The third-order valence-corrected chi connectivity index (χ3v) is 12.3. The molecule has 0 bridgehead atoms. The van der Waals surface area contributed by atoms with E-state index in [9.17, 15) is 0 Å². The molecule has 13 rings (SSSR count). The molecule has 0 aliphatic carbocycles. The van der Waals surface area contributed by atoms with Crippen molar-refractivity contribution in [2.75, 3.05) is 0 Å². The van der Waals surface area contributed by atoms with Gasteiger partial charge in [-0.2, -0.15) is 0 Å². The minimum Gasteiger partial charge on any atom is -0.456 e. The summed E-state index contributed by atoms with van der Waals surface area (Å²) in [4.78, 5) is 0. The van der Waals surface area contributed by atoms with Gasteiger partial charge in [-0.1, -0.05) is 152 Å². The number of para-hydroxylation sites is 4. The fourth-order valence-corrected chi connectivity index (χ4v) is 9.73. The number of furan rings is 3. The lowest BCUT2D eigenvalue weighted by atomic mass is 9.80. The van der Waals surface area contributed by atoms with E-state index >= 15 is 0 Å². The second-order valence-corrected chi connectivity index (χ2v) is 15.5. The highest BCUT2D eigenvalue weighted by Crippen LogP contribution is 2.51. The highest BCUT2D eigenvalue weighted by atomic mass is 16.3. The first-order valence-electron chi connectivity index (χ1n) is 20.1. The largest absolute Gasteiger partial charge is 0.456 e. The number of hydrogen-bond donors (Lipinski definition) is 0. The molecule has 3 heterocycles. The van der Waals surface area contributed by atoms with Crippen LogP contribution < -0.4 is 0 Å². The van der Waals surface area contributed by atoms with Crippen molar-refractivity contribution < 1.29 is 13.3 Å². The Bertz CT molecular complexity index is 3800. The molecule has 13 aromatic rings. The molecule has 3 aromatic heterocycles. The van der Waals surface area contributed by atoms with E-state index in [1.807, 2.05) is 30.3 Å². The highest BCUT2D eigenvalue weighted by Gasteiger charge is 2.24. The molecular formula is C56H32O3. The van der Waals surface area contributed by atoms with Crippen molar-refractivity contribution in [2.45, 2.75) is 0 Å². The minimum atomic E-state index is 0.867. The summed E-state index contributed by atoms with van der Waals surface area (Å²) < 4.78 is 19.5. The maximum atomic E-state index is 6.75. The quantitative estimate of drug-likeness (QED) is 0.168. The van der Waals surface area contributed by atoms with E-state index in [0.717, 1.165) is 99.2 Å². The zero-order valence-electron chi connectivity index (χ0n) is 31.7. The summed E-state index contributed by atoms with van der Waals surface area (Å²) in [5.41, 5.74) is 14.3. The molecule has 0 aliphatic rings. The maximum absolute atomic E-state index is 6.75.